The molecule has 0 aliphatic carbocycles. The smallest absolute Gasteiger partial charge is 0.199 e. The van der Waals surface area contributed by atoms with E-state index in [4.69, 9.17) is 4.42 Å². The molecule has 1 aromatic carbocycles. The minimum atomic E-state index is -0.0955. The quantitative estimate of drug-likeness (QED) is 0.716. The van der Waals surface area contributed by atoms with Gasteiger partial charge < -0.3 is 4.42 Å². The van der Waals surface area contributed by atoms with Crippen LogP contribution in [-0.2, 0) is 6.42 Å². The standard InChI is InChI=1S/C12H11NO2/c1-9(14)11-8-13-12(15-11)7-10-5-3-2-4-6-10/h2-6,8H,7H2,1H3. The summed E-state index contributed by atoms with van der Waals surface area (Å²) in [5.41, 5.74) is 1.12. The summed E-state index contributed by atoms with van der Waals surface area (Å²) in [7, 11) is 0. The van der Waals surface area contributed by atoms with Crippen LogP contribution in [0.3, 0.4) is 0 Å². The molecule has 3 nitrogen and oxygen atoms in total. The normalized spacial score (nSPS) is 10.2. The van der Waals surface area contributed by atoms with Gasteiger partial charge in [-0.3, -0.25) is 4.79 Å². The number of hydrogen-bond acceptors (Lipinski definition) is 3. The maximum atomic E-state index is 11.0. The summed E-state index contributed by atoms with van der Waals surface area (Å²) >= 11 is 0. The summed E-state index contributed by atoms with van der Waals surface area (Å²) in [6.45, 7) is 1.47. The fourth-order valence-corrected chi connectivity index (χ4v) is 1.33. The molecule has 2 rings (SSSR count). The van der Waals surface area contributed by atoms with Crippen LogP contribution < -0.4 is 0 Å². The topological polar surface area (TPSA) is 43.1 Å². The van der Waals surface area contributed by atoms with Crippen LogP contribution in [0.1, 0.15) is 28.9 Å². The predicted molar refractivity (Wildman–Crippen MR) is 55.8 cm³/mol. The number of benzene rings is 1. The molecule has 0 spiro atoms. The van der Waals surface area contributed by atoms with Crippen molar-refractivity contribution in [2.75, 3.05) is 0 Å². The molecule has 15 heavy (non-hydrogen) atoms. The third kappa shape index (κ3) is 2.31. The zero-order valence-corrected chi connectivity index (χ0v) is 8.43. The molecule has 0 bridgehead atoms. The molecule has 3 heteroatoms. The largest absolute Gasteiger partial charge is 0.437 e. The zero-order chi connectivity index (χ0) is 10.7. The Morgan fingerprint density at radius 1 is 1.33 bits per heavy atom. The van der Waals surface area contributed by atoms with Crippen molar-refractivity contribution in [1.29, 1.82) is 0 Å². The van der Waals surface area contributed by atoms with E-state index in [9.17, 15) is 4.79 Å². The molecule has 0 unspecified atom stereocenters. The highest BCUT2D eigenvalue weighted by atomic mass is 16.4. The van der Waals surface area contributed by atoms with Gasteiger partial charge in [0.15, 0.2) is 17.4 Å². The molecule has 1 aromatic heterocycles. The van der Waals surface area contributed by atoms with Crippen molar-refractivity contribution in [3.8, 4) is 0 Å². The van der Waals surface area contributed by atoms with Crippen LogP contribution in [0, 0.1) is 0 Å². The number of oxazole rings is 1. The first kappa shape index (κ1) is 9.65. The summed E-state index contributed by atoms with van der Waals surface area (Å²) < 4.78 is 5.29. The second-order valence-corrected chi connectivity index (χ2v) is 3.34. The number of rotatable bonds is 3. The van der Waals surface area contributed by atoms with E-state index >= 15 is 0 Å². The number of carbonyl (C=O) groups is 1. The Morgan fingerprint density at radius 2 is 2.07 bits per heavy atom. The van der Waals surface area contributed by atoms with Crippen molar-refractivity contribution in [3.05, 3.63) is 53.7 Å². The predicted octanol–water partition coefficient (Wildman–Crippen LogP) is 2.47. The van der Waals surface area contributed by atoms with Gasteiger partial charge in [-0.15, -0.1) is 0 Å². The lowest BCUT2D eigenvalue weighted by Gasteiger charge is -1.95. The summed E-state index contributed by atoms with van der Waals surface area (Å²) in [4.78, 5) is 15.0. The SMILES string of the molecule is CC(=O)c1cnc(Cc2ccccc2)o1. The number of hydrogen-bond donors (Lipinski definition) is 0. The molecule has 0 amide bonds. The second kappa shape index (κ2) is 4.09. The maximum Gasteiger partial charge on any atom is 0.199 e. The molecule has 0 N–H and O–H groups in total. The molecule has 0 aliphatic heterocycles. The minimum Gasteiger partial charge on any atom is -0.437 e. The van der Waals surface area contributed by atoms with Crippen molar-refractivity contribution in [2.24, 2.45) is 0 Å². The van der Waals surface area contributed by atoms with Gasteiger partial charge in [0.25, 0.3) is 0 Å². The van der Waals surface area contributed by atoms with Crippen LogP contribution in [0.25, 0.3) is 0 Å². The van der Waals surface area contributed by atoms with Crippen molar-refractivity contribution in [1.82, 2.24) is 4.98 Å². The minimum absolute atomic E-state index is 0.0955. The van der Waals surface area contributed by atoms with Crippen LogP contribution >= 0.6 is 0 Å². The first-order valence-electron chi connectivity index (χ1n) is 4.75. The zero-order valence-electron chi connectivity index (χ0n) is 8.43. The summed E-state index contributed by atoms with van der Waals surface area (Å²) in [5.74, 6) is 0.800. The maximum absolute atomic E-state index is 11.0. The fourth-order valence-electron chi connectivity index (χ4n) is 1.33. The Kier molecular flexibility index (Phi) is 2.63. The molecule has 1 heterocycles. The number of nitrogens with zero attached hydrogens (tertiary/aromatic N) is 1. The third-order valence-electron chi connectivity index (χ3n) is 2.10. The molecule has 76 valence electrons. The van der Waals surface area contributed by atoms with E-state index in [0.29, 0.717) is 18.1 Å². The molecular weight excluding hydrogens is 190 g/mol. The van der Waals surface area contributed by atoms with Gasteiger partial charge in [-0.1, -0.05) is 30.3 Å². The van der Waals surface area contributed by atoms with Gasteiger partial charge in [0.2, 0.25) is 0 Å². The van der Waals surface area contributed by atoms with Gasteiger partial charge in [0.1, 0.15) is 0 Å². The van der Waals surface area contributed by atoms with E-state index in [1.54, 1.807) is 0 Å². The van der Waals surface area contributed by atoms with Crippen molar-refractivity contribution >= 4 is 5.78 Å². The van der Waals surface area contributed by atoms with E-state index in [1.165, 1.54) is 13.1 Å². The second-order valence-electron chi connectivity index (χ2n) is 3.34. The molecule has 0 radical (unpaired) electrons. The molecule has 0 saturated heterocycles. The van der Waals surface area contributed by atoms with Crippen LogP contribution in [0.4, 0.5) is 0 Å². The Labute approximate surface area is 87.8 Å². The van der Waals surface area contributed by atoms with E-state index in [2.05, 4.69) is 4.98 Å². The van der Waals surface area contributed by atoms with Crippen molar-refractivity contribution < 1.29 is 9.21 Å². The Bertz CT molecular complexity index is 459. The first-order valence-corrected chi connectivity index (χ1v) is 4.75. The average Bonchev–Trinajstić information content (AvgIpc) is 2.68. The lowest BCUT2D eigenvalue weighted by Crippen LogP contribution is -1.88. The fraction of sp³-hybridized carbons (Fsp3) is 0.167. The van der Waals surface area contributed by atoms with Crippen molar-refractivity contribution in [2.45, 2.75) is 13.3 Å². The third-order valence-corrected chi connectivity index (χ3v) is 2.10. The van der Waals surface area contributed by atoms with Crippen molar-refractivity contribution in [3.63, 3.8) is 0 Å². The van der Waals surface area contributed by atoms with Crippen LogP contribution in [0.15, 0.2) is 40.9 Å². The summed E-state index contributed by atoms with van der Waals surface area (Å²) in [6.07, 6.45) is 2.09. The van der Waals surface area contributed by atoms with Crippen LogP contribution in [-0.4, -0.2) is 10.8 Å². The van der Waals surface area contributed by atoms with Crippen LogP contribution in [0.5, 0.6) is 0 Å². The molecule has 0 atom stereocenters. The molecule has 0 fully saturated rings. The van der Waals surface area contributed by atoms with Crippen LogP contribution in [0.2, 0.25) is 0 Å². The number of Topliss-reactive ketones (excluding diaryl/α,β-unsaturated/α-hetero) is 1. The van der Waals surface area contributed by atoms with E-state index in [1.807, 2.05) is 30.3 Å². The Balaban J connectivity index is 2.15. The Hall–Kier alpha value is -1.90. The monoisotopic (exact) mass is 201 g/mol. The summed E-state index contributed by atoms with van der Waals surface area (Å²) in [5, 5.41) is 0. The molecule has 0 aliphatic rings. The molecule has 2 aromatic rings. The number of carbonyl (C=O) groups excluding carboxylic acids is 1. The van der Waals surface area contributed by atoms with E-state index < -0.39 is 0 Å². The molecular formula is C12H11NO2. The van der Waals surface area contributed by atoms with Gasteiger partial charge in [0.05, 0.1) is 6.20 Å². The molecule has 0 saturated carbocycles. The van der Waals surface area contributed by atoms with Gasteiger partial charge in [-0.2, -0.15) is 0 Å². The lowest BCUT2D eigenvalue weighted by molar-refractivity contribution is 0.0985. The number of ketones is 1. The summed E-state index contributed by atoms with van der Waals surface area (Å²) in [6, 6.07) is 9.88. The highest BCUT2D eigenvalue weighted by Gasteiger charge is 2.07. The van der Waals surface area contributed by atoms with E-state index in [-0.39, 0.29) is 5.78 Å². The lowest BCUT2D eigenvalue weighted by atomic mass is 10.2. The number of aromatic nitrogens is 1. The highest BCUT2D eigenvalue weighted by Crippen LogP contribution is 2.10. The highest BCUT2D eigenvalue weighted by molar-refractivity contribution is 5.90. The van der Waals surface area contributed by atoms with Gasteiger partial charge in [0, 0.05) is 13.3 Å². The van der Waals surface area contributed by atoms with Gasteiger partial charge >= 0.3 is 0 Å². The van der Waals surface area contributed by atoms with E-state index in [0.717, 1.165) is 5.56 Å². The Morgan fingerprint density at radius 3 is 2.67 bits per heavy atom. The first-order chi connectivity index (χ1) is 7.25. The van der Waals surface area contributed by atoms with Gasteiger partial charge in [-0.25, -0.2) is 4.98 Å². The average molecular weight is 201 g/mol. The van der Waals surface area contributed by atoms with Gasteiger partial charge in [-0.05, 0) is 5.56 Å².